The smallest absolute Gasteiger partial charge is 0.261 e. The Balaban J connectivity index is 1.40. The first-order valence-electron chi connectivity index (χ1n) is 10.1. The van der Waals surface area contributed by atoms with Gasteiger partial charge in [0.15, 0.2) is 0 Å². The van der Waals surface area contributed by atoms with Crippen LogP contribution in [0.25, 0.3) is 0 Å². The summed E-state index contributed by atoms with van der Waals surface area (Å²) in [4.78, 5) is 15.1. The van der Waals surface area contributed by atoms with Crippen molar-refractivity contribution in [2.24, 2.45) is 11.3 Å². The van der Waals surface area contributed by atoms with Crippen LogP contribution in [0.3, 0.4) is 0 Å². The fraction of sp³-hybridized carbons (Fsp3) is 0.522. The highest BCUT2D eigenvalue weighted by atomic mass is 32.1. The molecule has 1 heterocycles. The van der Waals surface area contributed by atoms with Crippen LogP contribution in [0.1, 0.15) is 63.0 Å². The molecule has 0 aliphatic heterocycles. The summed E-state index contributed by atoms with van der Waals surface area (Å²) in [6.45, 7) is 10.0. The highest BCUT2D eigenvalue weighted by molar-refractivity contribution is 7.14. The average Bonchev–Trinajstić information content (AvgIpc) is 2.99. The predicted molar refractivity (Wildman–Crippen MR) is 112 cm³/mol. The summed E-state index contributed by atoms with van der Waals surface area (Å²) in [6, 6.07) is 5.98. The fourth-order valence-corrected chi connectivity index (χ4v) is 5.96. The van der Waals surface area contributed by atoms with E-state index in [1.165, 1.54) is 16.0 Å². The molecule has 28 heavy (non-hydrogen) atoms. The van der Waals surface area contributed by atoms with Crippen molar-refractivity contribution in [3.8, 4) is 5.75 Å². The van der Waals surface area contributed by atoms with Crippen LogP contribution >= 0.6 is 11.3 Å². The molecule has 0 bridgehead atoms. The van der Waals surface area contributed by atoms with Gasteiger partial charge in [-0.15, -0.1) is 11.3 Å². The normalized spacial score (nSPS) is 21.2. The van der Waals surface area contributed by atoms with E-state index in [4.69, 9.17) is 9.84 Å². The zero-order valence-electron chi connectivity index (χ0n) is 17.1. The van der Waals surface area contributed by atoms with E-state index in [1.54, 1.807) is 11.3 Å². The number of ether oxygens (including phenoxy) is 1. The van der Waals surface area contributed by atoms with E-state index in [0.717, 1.165) is 34.1 Å². The van der Waals surface area contributed by atoms with Gasteiger partial charge in [0, 0.05) is 24.4 Å². The minimum Gasteiger partial charge on any atom is -0.493 e. The number of nitrogens with one attached hydrogen (secondary N) is 1. The molecule has 1 aromatic heterocycles. The molecule has 2 N–H and O–H groups in total. The monoisotopic (exact) mass is 399 g/mol. The van der Waals surface area contributed by atoms with E-state index in [9.17, 15) is 4.79 Å². The number of carbonyl (C=O) groups is 1. The van der Waals surface area contributed by atoms with Crippen molar-refractivity contribution in [1.82, 2.24) is 5.32 Å². The number of benzene rings is 1. The molecule has 2 aliphatic rings. The number of amides is 1. The Morgan fingerprint density at radius 2 is 2.14 bits per heavy atom. The van der Waals surface area contributed by atoms with Crippen LogP contribution in [0.4, 0.5) is 0 Å². The molecule has 0 saturated heterocycles. The van der Waals surface area contributed by atoms with Crippen molar-refractivity contribution in [2.45, 2.75) is 53.0 Å². The Kier molecular flexibility index (Phi) is 5.00. The number of carbonyl (C=O) groups excluding carboxylic acids is 1. The second-order valence-electron chi connectivity index (χ2n) is 8.70. The second kappa shape index (κ2) is 7.20. The molecule has 0 unspecified atom stereocenters. The molecule has 2 atom stereocenters. The topological polar surface area (TPSA) is 58.6 Å². The number of rotatable bonds is 7. The van der Waals surface area contributed by atoms with E-state index in [1.807, 2.05) is 19.1 Å². The van der Waals surface area contributed by atoms with Gasteiger partial charge in [-0.05, 0) is 65.8 Å². The van der Waals surface area contributed by atoms with Crippen LogP contribution < -0.4 is 10.1 Å². The van der Waals surface area contributed by atoms with E-state index >= 15 is 0 Å². The molecule has 1 saturated carbocycles. The molecular formula is C23H29NO3S. The minimum atomic E-state index is 0.0504. The fourth-order valence-electron chi connectivity index (χ4n) is 4.81. The largest absolute Gasteiger partial charge is 0.493 e. The molecule has 1 aromatic carbocycles. The van der Waals surface area contributed by atoms with Gasteiger partial charge in [0.05, 0.1) is 11.5 Å². The van der Waals surface area contributed by atoms with Crippen LogP contribution in [0.5, 0.6) is 5.75 Å². The summed E-state index contributed by atoms with van der Waals surface area (Å²) >= 11 is 1.66. The van der Waals surface area contributed by atoms with Crippen LogP contribution in [0, 0.1) is 25.2 Å². The Morgan fingerprint density at radius 1 is 1.36 bits per heavy atom. The zero-order chi connectivity index (χ0) is 20.1. The lowest BCUT2D eigenvalue weighted by Crippen LogP contribution is -2.23. The van der Waals surface area contributed by atoms with Crippen molar-refractivity contribution in [3.05, 3.63) is 50.2 Å². The van der Waals surface area contributed by atoms with E-state index in [-0.39, 0.29) is 12.5 Å². The first kappa shape index (κ1) is 19.5. The lowest BCUT2D eigenvalue weighted by Gasteiger charge is -2.12. The Bertz CT molecular complexity index is 915. The summed E-state index contributed by atoms with van der Waals surface area (Å²) < 4.78 is 5.67. The molecule has 2 aromatic rings. The third kappa shape index (κ3) is 3.25. The quantitative estimate of drug-likeness (QED) is 0.681. The molecule has 0 radical (unpaired) electrons. The molecule has 150 valence electrons. The number of fused-ring (bicyclic) bond motifs is 3. The van der Waals surface area contributed by atoms with Crippen LogP contribution in [0.15, 0.2) is 18.2 Å². The first-order valence-corrected chi connectivity index (χ1v) is 10.9. The summed E-state index contributed by atoms with van der Waals surface area (Å²) in [7, 11) is 0. The number of aryl methyl sites for hydroxylation is 2. The van der Waals surface area contributed by atoms with Crippen molar-refractivity contribution in [2.75, 3.05) is 13.2 Å². The van der Waals surface area contributed by atoms with Gasteiger partial charge in [0.25, 0.3) is 5.91 Å². The molecule has 5 heteroatoms. The second-order valence-corrected chi connectivity index (χ2v) is 9.92. The number of hydrogen-bond acceptors (Lipinski definition) is 4. The van der Waals surface area contributed by atoms with Crippen molar-refractivity contribution in [1.29, 1.82) is 0 Å². The van der Waals surface area contributed by atoms with Gasteiger partial charge in [-0.2, -0.15) is 0 Å². The number of thiophene rings is 1. The highest BCUT2D eigenvalue weighted by Gasteiger charge is 2.63. The van der Waals surface area contributed by atoms with Gasteiger partial charge >= 0.3 is 0 Å². The molecule has 0 spiro atoms. The van der Waals surface area contributed by atoms with Crippen molar-refractivity contribution >= 4 is 17.2 Å². The molecule has 2 aliphatic carbocycles. The third-order valence-corrected chi connectivity index (χ3v) is 7.64. The van der Waals surface area contributed by atoms with Crippen LogP contribution in [-0.4, -0.2) is 24.2 Å². The van der Waals surface area contributed by atoms with Gasteiger partial charge in [-0.3, -0.25) is 4.79 Å². The van der Waals surface area contributed by atoms with Gasteiger partial charge < -0.3 is 15.2 Å². The Morgan fingerprint density at radius 3 is 2.86 bits per heavy atom. The van der Waals surface area contributed by atoms with Gasteiger partial charge in [0.2, 0.25) is 0 Å². The number of hydrogen-bond donors (Lipinski definition) is 2. The van der Waals surface area contributed by atoms with Gasteiger partial charge in [0.1, 0.15) is 5.75 Å². The average molecular weight is 400 g/mol. The zero-order valence-corrected chi connectivity index (χ0v) is 17.9. The van der Waals surface area contributed by atoms with E-state index in [0.29, 0.717) is 30.9 Å². The standard InChI is InChI=1S/C23H29NO3S/c1-13-10-15(6-7-18(13)27-9-5-8-25)12-24-22(26)21-16-11-17-20(23(17,3)4)19(16)14(2)28-21/h6-7,10,17,20,25H,5,8-9,11-12H2,1-4H3,(H,24,26)/t17-,20-/m1/s1. The van der Waals surface area contributed by atoms with Crippen molar-refractivity contribution < 1.29 is 14.6 Å². The van der Waals surface area contributed by atoms with E-state index in [2.05, 4.69) is 32.2 Å². The summed E-state index contributed by atoms with van der Waals surface area (Å²) in [5.41, 5.74) is 5.28. The third-order valence-electron chi connectivity index (χ3n) is 6.48. The number of aliphatic hydroxyl groups is 1. The molecule has 4 rings (SSSR count). The van der Waals surface area contributed by atoms with Gasteiger partial charge in [-0.1, -0.05) is 26.0 Å². The van der Waals surface area contributed by atoms with Crippen LogP contribution in [-0.2, 0) is 13.0 Å². The lowest BCUT2D eigenvalue weighted by atomic mass is 9.95. The number of aliphatic hydroxyl groups excluding tert-OH is 1. The SMILES string of the molecule is Cc1cc(CNC(=O)c2sc(C)c3c2C[C@@H]2[C@H]3C2(C)C)ccc1OCCCO. The Labute approximate surface area is 170 Å². The molecule has 1 fully saturated rings. The van der Waals surface area contributed by atoms with E-state index < -0.39 is 0 Å². The minimum absolute atomic E-state index is 0.0504. The maximum atomic E-state index is 12.9. The maximum Gasteiger partial charge on any atom is 0.261 e. The molecular weight excluding hydrogens is 370 g/mol. The molecule has 1 amide bonds. The summed E-state index contributed by atoms with van der Waals surface area (Å²) in [5, 5.41) is 12.0. The lowest BCUT2D eigenvalue weighted by molar-refractivity contribution is 0.0954. The molecule has 4 nitrogen and oxygen atoms in total. The summed E-state index contributed by atoms with van der Waals surface area (Å²) in [6.07, 6.45) is 1.68. The summed E-state index contributed by atoms with van der Waals surface area (Å²) in [5.74, 6) is 2.25. The highest BCUT2D eigenvalue weighted by Crippen LogP contribution is 2.71. The van der Waals surface area contributed by atoms with Crippen LogP contribution in [0.2, 0.25) is 0 Å². The Hall–Kier alpha value is -1.85. The predicted octanol–water partition coefficient (Wildman–Crippen LogP) is 4.35. The van der Waals surface area contributed by atoms with Gasteiger partial charge in [-0.25, -0.2) is 0 Å². The first-order chi connectivity index (χ1) is 13.3. The maximum absolute atomic E-state index is 12.9. The van der Waals surface area contributed by atoms with Crippen molar-refractivity contribution in [3.63, 3.8) is 0 Å².